The van der Waals surface area contributed by atoms with Crippen LogP contribution in [0.2, 0.25) is 0 Å². The predicted molar refractivity (Wildman–Crippen MR) is 72.1 cm³/mol. The number of unbranched alkanes of at least 4 members (excludes halogenated alkanes) is 4. The summed E-state index contributed by atoms with van der Waals surface area (Å²) in [5.74, 6) is 1.21. The van der Waals surface area contributed by atoms with Crippen LogP contribution in [0.4, 0.5) is 0 Å². The van der Waals surface area contributed by atoms with Gasteiger partial charge in [0, 0.05) is 0 Å². The van der Waals surface area contributed by atoms with E-state index >= 15 is 0 Å². The summed E-state index contributed by atoms with van der Waals surface area (Å²) in [6, 6.07) is 1.76. The molecule has 1 aromatic rings. The first-order chi connectivity index (χ1) is 8.86. The molecule has 1 rings (SSSR count). The summed E-state index contributed by atoms with van der Waals surface area (Å²) < 4.78 is 11.1. The van der Waals surface area contributed by atoms with Gasteiger partial charge in [-0.1, -0.05) is 39.5 Å². The highest BCUT2D eigenvalue weighted by atomic mass is 16.5. The van der Waals surface area contributed by atoms with E-state index in [0.717, 1.165) is 12.8 Å². The molecule has 0 N–H and O–H groups in total. The summed E-state index contributed by atoms with van der Waals surface area (Å²) in [7, 11) is 0. The lowest BCUT2D eigenvalue weighted by molar-refractivity contribution is 0.276. The Balaban J connectivity index is 2.27. The van der Waals surface area contributed by atoms with Crippen molar-refractivity contribution in [2.45, 2.75) is 52.4 Å². The van der Waals surface area contributed by atoms with Gasteiger partial charge in [0.1, 0.15) is 6.33 Å². The van der Waals surface area contributed by atoms with Crippen LogP contribution in [-0.4, -0.2) is 23.2 Å². The van der Waals surface area contributed by atoms with Gasteiger partial charge in [0.2, 0.25) is 11.8 Å². The van der Waals surface area contributed by atoms with Gasteiger partial charge in [-0.25, -0.2) is 9.97 Å². The van der Waals surface area contributed by atoms with Gasteiger partial charge in [-0.3, -0.25) is 0 Å². The monoisotopic (exact) mass is 252 g/mol. The van der Waals surface area contributed by atoms with Crippen molar-refractivity contribution in [2.24, 2.45) is 0 Å². The van der Waals surface area contributed by atoms with Gasteiger partial charge in [-0.15, -0.1) is 0 Å². The highest BCUT2D eigenvalue weighted by Crippen LogP contribution is 2.14. The van der Waals surface area contributed by atoms with Gasteiger partial charge in [0.05, 0.1) is 19.3 Å². The lowest BCUT2D eigenvalue weighted by Gasteiger charge is -2.07. The van der Waals surface area contributed by atoms with Crippen molar-refractivity contribution in [3.05, 3.63) is 12.4 Å². The maximum atomic E-state index is 5.55. The van der Waals surface area contributed by atoms with Crippen molar-refractivity contribution in [1.82, 2.24) is 9.97 Å². The Morgan fingerprint density at radius 2 is 1.33 bits per heavy atom. The Morgan fingerprint density at radius 1 is 0.833 bits per heavy atom. The highest BCUT2D eigenvalue weighted by Gasteiger charge is 2.00. The van der Waals surface area contributed by atoms with E-state index in [1.54, 1.807) is 6.07 Å². The zero-order valence-electron chi connectivity index (χ0n) is 11.5. The van der Waals surface area contributed by atoms with Crippen molar-refractivity contribution >= 4 is 0 Å². The number of nitrogens with zero attached hydrogens (tertiary/aromatic N) is 2. The number of rotatable bonds is 10. The van der Waals surface area contributed by atoms with E-state index in [0.29, 0.717) is 25.0 Å². The normalized spacial score (nSPS) is 10.3. The standard InChI is InChI=1S/C14H24N2O2/c1-3-5-7-9-17-13-11-14(16-12-15-13)18-10-8-6-4-2/h11-12H,3-10H2,1-2H3. The molecule has 0 atom stereocenters. The van der Waals surface area contributed by atoms with E-state index in [-0.39, 0.29) is 0 Å². The minimum absolute atomic E-state index is 0.603. The molecule has 0 saturated heterocycles. The SMILES string of the molecule is CCCCCOc1cc(OCCCCC)ncn1. The van der Waals surface area contributed by atoms with Crippen molar-refractivity contribution in [3.63, 3.8) is 0 Å². The number of hydrogen-bond donors (Lipinski definition) is 0. The quantitative estimate of drug-likeness (QED) is 0.597. The van der Waals surface area contributed by atoms with Gasteiger partial charge >= 0.3 is 0 Å². The summed E-state index contributed by atoms with van der Waals surface area (Å²) in [6.45, 7) is 5.76. The predicted octanol–water partition coefficient (Wildman–Crippen LogP) is 3.61. The van der Waals surface area contributed by atoms with Gasteiger partial charge in [0.25, 0.3) is 0 Å². The van der Waals surface area contributed by atoms with E-state index in [2.05, 4.69) is 23.8 Å². The summed E-state index contributed by atoms with van der Waals surface area (Å²) in [4.78, 5) is 8.14. The molecular formula is C14H24N2O2. The smallest absolute Gasteiger partial charge is 0.220 e. The van der Waals surface area contributed by atoms with Gasteiger partial charge in [-0.05, 0) is 12.8 Å². The fraction of sp³-hybridized carbons (Fsp3) is 0.714. The molecule has 0 unspecified atom stereocenters. The summed E-state index contributed by atoms with van der Waals surface area (Å²) in [5, 5.41) is 0. The first kappa shape index (κ1) is 14.7. The molecule has 0 aliphatic rings. The first-order valence-electron chi connectivity index (χ1n) is 6.94. The fourth-order valence-electron chi connectivity index (χ4n) is 1.54. The Morgan fingerprint density at radius 3 is 1.78 bits per heavy atom. The zero-order chi connectivity index (χ0) is 13.1. The van der Waals surface area contributed by atoms with Crippen LogP contribution >= 0.6 is 0 Å². The Hall–Kier alpha value is -1.32. The summed E-state index contributed by atoms with van der Waals surface area (Å²) in [5.41, 5.74) is 0. The highest BCUT2D eigenvalue weighted by molar-refractivity contribution is 5.18. The Kier molecular flexibility index (Phi) is 7.93. The van der Waals surface area contributed by atoms with E-state index < -0.39 is 0 Å². The van der Waals surface area contributed by atoms with Crippen LogP contribution in [0.15, 0.2) is 12.4 Å². The molecule has 0 aliphatic heterocycles. The molecule has 4 heteroatoms. The number of ether oxygens (including phenoxy) is 2. The molecule has 1 heterocycles. The second-order valence-electron chi connectivity index (χ2n) is 4.31. The van der Waals surface area contributed by atoms with Crippen LogP contribution in [0.5, 0.6) is 11.8 Å². The lowest BCUT2D eigenvalue weighted by atomic mass is 10.3. The Labute approximate surface area is 110 Å². The van der Waals surface area contributed by atoms with Gasteiger partial charge < -0.3 is 9.47 Å². The second kappa shape index (κ2) is 9.68. The fourth-order valence-corrected chi connectivity index (χ4v) is 1.54. The minimum Gasteiger partial charge on any atom is -0.477 e. The van der Waals surface area contributed by atoms with Crippen LogP contribution in [-0.2, 0) is 0 Å². The molecule has 0 fully saturated rings. The number of hydrogen-bond acceptors (Lipinski definition) is 4. The maximum absolute atomic E-state index is 5.55. The summed E-state index contributed by atoms with van der Waals surface area (Å²) >= 11 is 0. The molecule has 0 saturated carbocycles. The largest absolute Gasteiger partial charge is 0.477 e. The molecule has 0 amide bonds. The molecule has 4 nitrogen and oxygen atoms in total. The van der Waals surface area contributed by atoms with Crippen LogP contribution in [0.25, 0.3) is 0 Å². The summed E-state index contributed by atoms with van der Waals surface area (Å²) in [6.07, 6.45) is 8.37. The molecule has 0 radical (unpaired) electrons. The van der Waals surface area contributed by atoms with Crippen molar-refractivity contribution in [2.75, 3.05) is 13.2 Å². The topological polar surface area (TPSA) is 44.2 Å². The molecule has 1 aromatic heterocycles. The van der Waals surface area contributed by atoms with Gasteiger partial charge in [0.15, 0.2) is 0 Å². The third kappa shape index (κ3) is 6.42. The van der Waals surface area contributed by atoms with E-state index in [4.69, 9.17) is 9.47 Å². The molecule has 18 heavy (non-hydrogen) atoms. The first-order valence-corrected chi connectivity index (χ1v) is 6.94. The molecular weight excluding hydrogens is 228 g/mol. The van der Waals surface area contributed by atoms with Crippen molar-refractivity contribution in [3.8, 4) is 11.8 Å². The van der Waals surface area contributed by atoms with Crippen LogP contribution in [0.3, 0.4) is 0 Å². The zero-order valence-corrected chi connectivity index (χ0v) is 11.5. The molecule has 102 valence electrons. The lowest BCUT2D eigenvalue weighted by Crippen LogP contribution is -2.02. The van der Waals surface area contributed by atoms with Gasteiger partial charge in [-0.2, -0.15) is 0 Å². The minimum atomic E-state index is 0.603. The second-order valence-corrected chi connectivity index (χ2v) is 4.31. The Bertz CT molecular complexity index is 291. The molecule has 0 aliphatic carbocycles. The average Bonchev–Trinajstić information content (AvgIpc) is 2.40. The van der Waals surface area contributed by atoms with E-state index in [1.165, 1.54) is 32.0 Å². The third-order valence-electron chi connectivity index (χ3n) is 2.61. The number of aromatic nitrogens is 2. The van der Waals surface area contributed by atoms with Crippen LogP contribution in [0.1, 0.15) is 52.4 Å². The van der Waals surface area contributed by atoms with Crippen molar-refractivity contribution in [1.29, 1.82) is 0 Å². The maximum Gasteiger partial charge on any atom is 0.220 e. The molecule has 0 aromatic carbocycles. The average molecular weight is 252 g/mol. The molecule has 0 bridgehead atoms. The molecule has 0 spiro atoms. The van der Waals surface area contributed by atoms with Crippen molar-refractivity contribution < 1.29 is 9.47 Å². The van der Waals surface area contributed by atoms with Crippen LogP contribution in [0, 0.1) is 0 Å². The van der Waals surface area contributed by atoms with E-state index in [9.17, 15) is 0 Å². The van der Waals surface area contributed by atoms with E-state index in [1.807, 2.05) is 0 Å². The third-order valence-corrected chi connectivity index (χ3v) is 2.61. The van der Waals surface area contributed by atoms with Crippen LogP contribution < -0.4 is 9.47 Å².